The fourth-order valence-corrected chi connectivity index (χ4v) is 4.10. The summed E-state index contributed by atoms with van der Waals surface area (Å²) in [6, 6.07) is 12.3. The molecule has 0 amide bonds. The largest absolute Gasteiger partial charge is 0.496 e. The van der Waals surface area contributed by atoms with Crippen LogP contribution in [0, 0.1) is 19.7 Å². The van der Waals surface area contributed by atoms with Crippen molar-refractivity contribution in [3.63, 3.8) is 0 Å². The summed E-state index contributed by atoms with van der Waals surface area (Å²) in [7, 11) is 1.62. The third-order valence-corrected chi connectivity index (χ3v) is 5.76. The zero-order chi connectivity index (χ0) is 21.8. The molecule has 0 aliphatic rings. The van der Waals surface area contributed by atoms with Gasteiger partial charge in [-0.3, -0.25) is 0 Å². The molecule has 7 heteroatoms. The number of carbonyl (C=O) groups is 1. The van der Waals surface area contributed by atoms with Gasteiger partial charge in [0, 0.05) is 45.6 Å². The van der Waals surface area contributed by atoms with E-state index >= 15 is 0 Å². The van der Waals surface area contributed by atoms with Gasteiger partial charge in [-0.1, -0.05) is 34.1 Å². The number of methoxy groups -OCH3 is 1. The Hall–Kier alpha value is -2.64. The molecule has 3 rings (SSSR count). The van der Waals surface area contributed by atoms with Gasteiger partial charge in [-0.25, -0.2) is 9.18 Å². The van der Waals surface area contributed by atoms with E-state index in [9.17, 15) is 14.3 Å². The first-order valence-corrected chi connectivity index (χ1v) is 10.3. The summed E-state index contributed by atoms with van der Waals surface area (Å²) in [6.45, 7) is 4.80. The van der Waals surface area contributed by atoms with Crippen molar-refractivity contribution < 1.29 is 19.0 Å². The second-order valence-corrected chi connectivity index (χ2v) is 7.98. The van der Waals surface area contributed by atoms with Crippen molar-refractivity contribution in [2.24, 2.45) is 0 Å². The van der Waals surface area contributed by atoms with Crippen LogP contribution in [0.5, 0.6) is 5.75 Å². The zero-order valence-corrected chi connectivity index (χ0v) is 18.7. The molecule has 5 nitrogen and oxygen atoms in total. The lowest BCUT2D eigenvalue weighted by atomic mass is 10.1. The van der Waals surface area contributed by atoms with Crippen LogP contribution in [-0.4, -0.2) is 22.8 Å². The average Bonchev–Trinajstić information content (AvgIpc) is 2.94. The van der Waals surface area contributed by atoms with Crippen LogP contribution in [0.15, 0.2) is 46.9 Å². The number of carboxylic acid groups (broad SMARTS) is 1. The predicted octanol–water partition coefficient (Wildman–Crippen LogP) is 5.05. The van der Waals surface area contributed by atoms with Crippen molar-refractivity contribution in [1.82, 2.24) is 9.88 Å². The van der Waals surface area contributed by atoms with E-state index in [-0.39, 0.29) is 17.9 Å². The Balaban J connectivity index is 1.87. The highest BCUT2D eigenvalue weighted by molar-refractivity contribution is 9.10. The van der Waals surface area contributed by atoms with Gasteiger partial charge in [0.15, 0.2) is 0 Å². The number of ether oxygens (including phenoxy) is 1. The molecule has 0 atom stereocenters. The van der Waals surface area contributed by atoms with E-state index in [1.807, 2.05) is 29.7 Å². The Kier molecular flexibility index (Phi) is 6.95. The Morgan fingerprint density at radius 3 is 2.53 bits per heavy atom. The van der Waals surface area contributed by atoms with Crippen LogP contribution in [0.3, 0.4) is 0 Å². The van der Waals surface area contributed by atoms with Crippen LogP contribution in [0.2, 0.25) is 0 Å². The first-order valence-electron chi connectivity index (χ1n) is 9.51. The van der Waals surface area contributed by atoms with E-state index in [0.717, 1.165) is 21.5 Å². The highest BCUT2D eigenvalue weighted by Crippen LogP contribution is 2.26. The van der Waals surface area contributed by atoms with Gasteiger partial charge in [0.05, 0.1) is 19.2 Å². The molecule has 2 aromatic carbocycles. The Bertz CT molecular complexity index is 1080. The van der Waals surface area contributed by atoms with Crippen LogP contribution in [0.25, 0.3) is 0 Å². The second kappa shape index (κ2) is 9.45. The first kappa shape index (κ1) is 22.1. The van der Waals surface area contributed by atoms with Crippen LogP contribution in [0.4, 0.5) is 4.39 Å². The summed E-state index contributed by atoms with van der Waals surface area (Å²) in [5.41, 5.74) is 3.86. The fourth-order valence-electron chi connectivity index (χ4n) is 3.69. The van der Waals surface area contributed by atoms with Gasteiger partial charge in [-0.15, -0.1) is 0 Å². The maximum absolute atomic E-state index is 14.1. The third kappa shape index (κ3) is 4.57. The van der Waals surface area contributed by atoms with Gasteiger partial charge in [0.1, 0.15) is 11.6 Å². The van der Waals surface area contributed by atoms with Crippen LogP contribution in [-0.2, 0) is 19.6 Å². The highest BCUT2D eigenvalue weighted by atomic mass is 79.9. The molecule has 0 saturated carbocycles. The SMILES string of the molecule is COc1ccc(Br)cc1CNCc1c(C(=O)O)c(C)n(Cc2ccccc2F)c1C. The summed E-state index contributed by atoms with van der Waals surface area (Å²) < 4.78 is 22.3. The maximum atomic E-state index is 14.1. The van der Waals surface area contributed by atoms with Crippen LogP contribution < -0.4 is 10.1 Å². The molecule has 0 bridgehead atoms. The van der Waals surface area contributed by atoms with Crippen molar-refractivity contribution in [2.45, 2.75) is 33.5 Å². The van der Waals surface area contributed by atoms with Gasteiger partial charge < -0.3 is 19.7 Å². The quantitative estimate of drug-likeness (QED) is 0.479. The van der Waals surface area contributed by atoms with Crippen molar-refractivity contribution in [3.8, 4) is 5.75 Å². The topological polar surface area (TPSA) is 63.5 Å². The number of aromatic carboxylic acids is 1. The maximum Gasteiger partial charge on any atom is 0.337 e. The van der Waals surface area contributed by atoms with E-state index in [4.69, 9.17) is 4.74 Å². The Labute approximate surface area is 183 Å². The van der Waals surface area contributed by atoms with Crippen molar-refractivity contribution in [1.29, 1.82) is 0 Å². The molecule has 0 fully saturated rings. The number of nitrogens with one attached hydrogen (secondary N) is 1. The molecule has 0 radical (unpaired) electrons. The number of carboxylic acids is 1. The van der Waals surface area contributed by atoms with Gasteiger partial charge >= 0.3 is 5.97 Å². The molecule has 2 N–H and O–H groups in total. The minimum Gasteiger partial charge on any atom is -0.496 e. The standard InChI is InChI=1S/C23H24BrFN2O3/c1-14-19(12-26-11-17-10-18(24)8-9-21(17)30-3)22(23(28)29)15(2)27(14)13-16-6-4-5-7-20(16)25/h4-10,26H,11-13H2,1-3H3,(H,28,29). The molecule has 30 heavy (non-hydrogen) atoms. The molecule has 158 valence electrons. The number of rotatable bonds is 8. The molecule has 3 aromatic rings. The lowest BCUT2D eigenvalue weighted by Gasteiger charge is -2.12. The molecule has 1 heterocycles. The lowest BCUT2D eigenvalue weighted by molar-refractivity contribution is 0.0694. The molecule has 1 aromatic heterocycles. The van der Waals surface area contributed by atoms with E-state index in [0.29, 0.717) is 29.9 Å². The van der Waals surface area contributed by atoms with Gasteiger partial charge in [0.2, 0.25) is 0 Å². The number of aromatic nitrogens is 1. The number of hydrogen-bond donors (Lipinski definition) is 2. The van der Waals surface area contributed by atoms with E-state index in [1.165, 1.54) is 6.07 Å². The minimum atomic E-state index is -0.986. The van der Waals surface area contributed by atoms with Crippen molar-refractivity contribution in [2.75, 3.05) is 7.11 Å². The van der Waals surface area contributed by atoms with Crippen molar-refractivity contribution in [3.05, 3.63) is 86.4 Å². The molecular weight excluding hydrogens is 451 g/mol. The van der Waals surface area contributed by atoms with Crippen LogP contribution >= 0.6 is 15.9 Å². The van der Waals surface area contributed by atoms with Gasteiger partial charge in [-0.2, -0.15) is 0 Å². The number of benzene rings is 2. The normalized spacial score (nSPS) is 11.0. The molecule has 0 unspecified atom stereocenters. The van der Waals surface area contributed by atoms with E-state index in [1.54, 1.807) is 32.2 Å². The number of halogens is 2. The molecule has 0 aliphatic carbocycles. The third-order valence-electron chi connectivity index (χ3n) is 5.27. The predicted molar refractivity (Wildman–Crippen MR) is 118 cm³/mol. The lowest BCUT2D eigenvalue weighted by Crippen LogP contribution is -2.16. The average molecular weight is 475 g/mol. The fraction of sp³-hybridized carbons (Fsp3) is 0.261. The highest BCUT2D eigenvalue weighted by Gasteiger charge is 2.23. The summed E-state index contributed by atoms with van der Waals surface area (Å²) in [4.78, 5) is 12.0. The summed E-state index contributed by atoms with van der Waals surface area (Å²) >= 11 is 3.46. The molecular formula is C23H24BrFN2O3. The summed E-state index contributed by atoms with van der Waals surface area (Å²) in [5, 5.41) is 13.1. The monoisotopic (exact) mass is 474 g/mol. The van der Waals surface area contributed by atoms with Gasteiger partial charge in [0.25, 0.3) is 0 Å². The Morgan fingerprint density at radius 1 is 1.13 bits per heavy atom. The van der Waals surface area contributed by atoms with Crippen LogP contribution in [0.1, 0.15) is 38.4 Å². The number of nitrogens with zero attached hydrogens (tertiary/aromatic N) is 1. The smallest absolute Gasteiger partial charge is 0.337 e. The molecule has 0 aliphatic heterocycles. The van der Waals surface area contributed by atoms with Crippen molar-refractivity contribution >= 4 is 21.9 Å². The Morgan fingerprint density at radius 2 is 1.87 bits per heavy atom. The minimum absolute atomic E-state index is 0.262. The zero-order valence-electron chi connectivity index (χ0n) is 17.1. The molecule has 0 saturated heterocycles. The first-order chi connectivity index (χ1) is 14.3. The summed E-state index contributed by atoms with van der Waals surface area (Å²) in [6.07, 6.45) is 0. The van der Waals surface area contributed by atoms with Gasteiger partial charge in [-0.05, 0) is 38.1 Å². The van der Waals surface area contributed by atoms with E-state index in [2.05, 4.69) is 21.2 Å². The number of hydrogen-bond acceptors (Lipinski definition) is 3. The second-order valence-electron chi connectivity index (χ2n) is 7.07. The van der Waals surface area contributed by atoms with E-state index < -0.39 is 5.97 Å². The molecule has 0 spiro atoms. The summed E-state index contributed by atoms with van der Waals surface area (Å²) in [5.74, 6) is -0.530.